The topological polar surface area (TPSA) is 191 Å². The lowest BCUT2D eigenvalue weighted by atomic mass is 9.84. The number of hydrogen-bond donors (Lipinski definition) is 4. The predicted octanol–water partition coefficient (Wildman–Crippen LogP) is 6.28. The second-order valence-electron chi connectivity index (χ2n) is 17.1. The van der Waals surface area contributed by atoms with Gasteiger partial charge in [-0.3, -0.25) is 14.4 Å². The van der Waals surface area contributed by atoms with Gasteiger partial charge < -0.3 is 34.8 Å². The smallest absolute Gasteiger partial charge is 0.243 e. The molecule has 3 amide bonds. The minimum Gasteiger partial charge on any atom is -0.507 e. The van der Waals surface area contributed by atoms with Gasteiger partial charge >= 0.3 is 0 Å². The van der Waals surface area contributed by atoms with E-state index in [-0.39, 0.29) is 54.2 Å². The summed E-state index contributed by atoms with van der Waals surface area (Å²) in [4.78, 5) is 54.1. The quantitative estimate of drug-likeness (QED) is 0.122. The highest BCUT2D eigenvalue weighted by molar-refractivity contribution is 7.13. The normalized spacial score (nSPS) is 20.0. The van der Waals surface area contributed by atoms with Crippen molar-refractivity contribution in [2.75, 3.05) is 19.6 Å². The summed E-state index contributed by atoms with van der Waals surface area (Å²) < 4.78 is 5.90. The number of amides is 3. The SMILES string of the molecule is Cc1ncsc1-c1ccc(CNC(=O)[C@@H]2C[C@@H](O)CN2C(=O)[C@H](c2cc(C3CCN(C(=O)[C@H]4CCc5[nH]c6nnc(-c7ccccc7O)cc6c5C4)CC3)no2)C(C)C)cc1. The number of aliphatic hydroxyl groups excluding tert-OH is 1. The number of piperidine rings is 1. The number of aromatic amines is 1. The van der Waals surface area contributed by atoms with E-state index in [1.165, 1.54) is 4.90 Å². The van der Waals surface area contributed by atoms with Gasteiger partial charge in [-0.05, 0) is 79.8 Å². The Kier molecular flexibility index (Phi) is 11.2. The van der Waals surface area contributed by atoms with Crippen LogP contribution in [0.1, 0.15) is 85.3 Å². The van der Waals surface area contributed by atoms with Crippen molar-refractivity contribution < 1.29 is 29.1 Å². The zero-order valence-electron chi connectivity index (χ0n) is 34.5. The Hall–Kier alpha value is -5.93. The first kappa shape index (κ1) is 40.5. The molecule has 0 radical (unpaired) electrons. The van der Waals surface area contributed by atoms with Crippen LogP contribution in [-0.4, -0.2) is 94.8 Å². The molecule has 14 nitrogen and oxygen atoms in total. The molecule has 0 unspecified atom stereocenters. The summed E-state index contributed by atoms with van der Waals surface area (Å²) in [5.74, 6) is -0.780. The Morgan fingerprint density at radius 1 is 1.03 bits per heavy atom. The van der Waals surface area contributed by atoms with Gasteiger partial charge in [0.25, 0.3) is 0 Å². The van der Waals surface area contributed by atoms with Crippen molar-refractivity contribution in [3.8, 4) is 27.4 Å². The Balaban J connectivity index is 0.814. The monoisotopic (exact) mass is 842 g/mol. The lowest BCUT2D eigenvalue weighted by Gasteiger charge is -2.34. The van der Waals surface area contributed by atoms with E-state index in [1.807, 2.05) is 79.7 Å². The Labute approximate surface area is 357 Å². The molecule has 9 rings (SSSR count). The fourth-order valence-electron chi connectivity index (χ4n) is 9.42. The van der Waals surface area contributed by atoms with Gasteiger partial charge in [0, 0.05) is 67.1 Å². The number of H-pyrrole nitrogens is 1. The first-order chi connectivity index (χ1) is 29.5. The van der Waals surface area contributed by atoms with E-state index >= 15 is 0 Å². The lowest BCUT2D eigenvalue weighted by Crippen LogP contribution is -2.48. The summed E-state index contributed by atoms with van der Waals surface area (Å²) in [7, 11) is 0. The molecule has 2 saturated heterocycles. The molecule has 4 N–H and O–H groups in total. The number of phenolic OH excluding ortho intramolecular Hbond substituents is 1. The molecule has 4 atom stereocenters. The average molecular weight is 843 g/mol. The highest BCUT2D eigenvalue weighted by Gasteiger charge is 2.43. The molecular formula is C46H50N8O6S. The van der Waals surface area contributed by atoms with Crippen LogP contribution in [0.2, 0.25) is 0 Å². The van der Waals surface area contributed by atoms with Gasteiger partial charge in [-0.1, -0.05) is 55.4 Å². The highest BCUT2D eigenvalue weighted by Crippen LogP contribution is 2.38. The zero-order chi connectivity index (χ0) is 42.4. The fourth-order valence-corrected chi connectivity index (χ4v) is 10.2. The number of thiazole rings is 1. The van der Waals surface area contributed by atoms with Crippen LogP contribution >= 0.6 is 11.3 Å². The van der Waals surface area contributed by atoms with Crippen LogP contribution in [0.15, 0.2) is 70.7 Å². The van der Waals surface area contributed by atoms with Crippen LogP contribution in [0.5, 0.6) is 5.75 Å². The molecule has 0 saturated carbocycles. The summed E-state index contributed by atoms with van der Waals surface area (Å²) in [6.07, 6.45) is 2.87. The number of nitrogens with one attached hydrogen (secondary N) is 2. The van der Waals surface area contributed by atoms with E-state index in [0.29, 0.717) is 48.7 Å². The maximum atomic E-state index is 14.3. The van der Waals surface area contributed by atoms with Gasteiger partial charge in [-0.15, -0.1) is 21.5 Å². The number of phenols is 1. The van der Waals surface area contributed by atoms with Crippen LogP contribution < -0.4 is 5.32 Å². The van der Waals surface area contributed by atoms with E-state index in [0.717, 1.165) is 69.7 Å². The number of carbonyl (C=O) groups is 3. The number of likely N-dealkylation sites (tertiary alicyclic amines) is 2. The number of aromatic hydroxyl groups is 1. The Bertz CT molecular complexity index is 2570. The number of para-hydroxylation sites is 1. The number of aliphatic hydroxyl groups is 1. The van der Waals surface area contributed by atoms with Gasteiger partial charge in [0.05, 0.1) is 33.6 Å². The summed E-state index contributed by atoms with van der Waals surface area (Å²) in [5.41, 5.74) is 9.62. The summed E-state index contributed by atoms with van der Waals surface area (Å²) >= 11 is 1.59. The van der Waals surface area contributed by atoms with E-state index in [4.69, 9.17) is 4.52 Å². The maximum Gasteiger partial charge on any atom is 0.243 e. The van der Waals surface area contributed by atoms with Crippen LogP contribution in [-0.2, 0) is 33.8 Å². The Morgan fingerprint density at radius 3 is 2.56 bits per heavy atom. The molecular weight excluding hydrogens is 793 g/mol. The molecule has 4 aromatic heterocycles. The molecule has 6 aromatic rings. The first-order valence-corrected chi connectivity index (χ1v) is 22.1. The number of fused-ring (bicyclic) bond motifs is 3. The molecule has 0 spiro atoms. The number of aryl methyl sites for hydroxylation is 2. The molecule has 2 fully saturated rings. The molecule has 0 bridgehead atoms. The second-order valence-corrected chi connectivity index (χ2v) is 17.9. The summed E-state index contributed by atoms with van der Waals surface area (Å²) in [6.45, 7) is 7.41. The van der Waals surface area contributed by atoms with E-state index < -0.39 is 18.1 Å². The molecule has 316 valence electrons. The van der Waals surface area contributed by atoms with E-state index in [1.54, 1.807) is 23.5 Å². The number of nitrogens with zero attached hydrogens (tertiary/aromatic N) is 6. The van der Waals surface area contributed by atoms with E-state index in [9.17, 15) is 24.6 Å². The number of aromatic nitrogens is 5. The Morgan fingerprint density at radius 2 is 1.82 bits per heavy atom. The third-order valence-corrected chi connectivity index (χ3v) is 13.8. The molecule has 6 heterocycles. The minimum absolute atomic E-state index is 0.0620. The van der Waals surface area contributed by atoms with Crippen molar-refractivity contribution in [1.29, 1.82) is 0 Å². The minimum atomic E-state index is -0.817. The summed E-state index contributed by atoms with van der Waals surface area (Å²) in [5, 5.41) is 38.2. The van der Waals surface area contributed by atoms with Gasteiger partial charge in [0.15, 0.2) is 5.65 Å². The number of benzene rings is 2. The van der Waals surface area contributed by atoms with Gasteiger partial charge in [0.1, 0.15) is 23.5 Å². The number of carbonyl (C=O) groups excluding carboxylic acids is 3. The van der Waals surface area contributed by atoms with Crippen molar-refractivity contribution in [2.45, 2.75) is 89.8 Å². The second kappa shape index (κ2) is 16.8. The molecule has 2 aliphatic heterocycles. The molecule has 15 heteroatoms. The summed E-state index contributed by atoms with van der Waals surface area (Å²) in [6, 6.07) is 18.1. The van der Waals surface area contributed by atoms with Gasteiger partial charge in [0.2, 0.25) is 17.7 Å². The third-order valence-electron chi connectivity index (χ3n) is 12.8. The van der Waals surface area contributed by atoms with Crippen LogP contribution in [0.3, 0.4) is 0 Å². The molecule has 61 heavy (non-hydrogen) atoms. The number of rotatable bonds is 10. The fraction of sp³-hybridized carbons (Fsp3) is 0.413. The van der Waals surface area contributed by atoms with Gasteiger partial charge in [-0.2, -0.15) is 0 Å². The molecule has 1 aliphatic carbocycles. The predicted molar refractivity (Wildman–Crippen MR) is 229 cm³/mol. The van der Waals surface area contributed by atoms with Crippen molar-refractivity contribution >= 4 is 40.1 Å². The lowest BCUT2D eigenvalue weighted by molar-refractivity contribution is -0.141. The van der Waals surface area contributed by atoms with E-state index in [2.05, 4.69) is 30.6 Å². The van der Waals surface area contributed by atoms with Crippen molar-refractivity contribution in [3.05, 3.63) is 100 Å². The van der Waals surface area contributed by atoms with Crippen LogP contribution in [0.25, 0.3) is 32.7 Å². The van der Waals surface area contributed by atoms with Crippen molar-refractivity contribution in [1.82, 2.24) is 40.4 Å². The van der Waals surface area contributed by atoms with Crippen LogP contribution in [0, 0.1) is 18.8 Å². The van der Waals surface area contributed by atoms with Crippen molar-refractivity contribution in [2.24, 2.45) is 11.8 Å². The maximum absolute atomic E-state index is 14.3. The molecule has 3 aliphatic rings. The zero-order valence-corrected chi connectivity index (χ0v) is 35.3. The molecule has 2 aromatic carbocycles. The third kappa shape index (κ3) is 8.04. The van der Waals surface area contributed by atoms with Gasteiger partial charge in [-0.25, -0.2) is 4.98 Å². The standard InChI is InChI=1S/C46H50N8O6S/c1-25(2)41(46(59)54-23-31(55)19-38(54)44(57)47-22-27-8-10-29(11-9-27)42-26(3)48-24-61-42)40-21-36(52-60-40)28-14-16-53(17-15-28)45(58)30-12-13-35-33(18-30)34-20-37(50-51-43(34)49-35)32-6-4-5-7-39(32)56/h4-11,20-21,24-25,28,30-31,38,41,55-56H,12-19,22-23H2,1-3H3,(H,47,57)(H,49,51)/t30-,31+,38-,41-/m0/s1. The number of hydrogen-bond acceptors (Lipinski definition) is 11. The number of β-amino-alcohol motifs (C(OH)–C–C–N with tert-alkyl or cyclic N) is 1. The largest absolute Gasteiger partial charge is 0.507 e. The average Bonchev–Trinajstić information content (AvgIpc) is 4.09. The van der Waals surface area contributed by atoms with Crippen molar-refractivity contribution in [3.63, 3.8) is 0 Å². The van der Waals surface area contributed by atoms with Crippen LogP contribution in [0.4, 0.5) is 0 Å². The first-order valence-electron chi connectivity index (χ1n) is 21.2. The highest BCUT2D eigenvalue weighted by atomic mass is 32.1.